The van der Waals surface area contributed by atoms with Gasteiger partial charge in [0.15, 0.2) is 5.96 Å². The highest BCUT2D eigenvalue weighted by atomic mass is 16.5. The van der Waals surface area contributed by atoms with E-state index in [1.807, 2.05) is 19.9 Å². The minimum Gasteiger partial charge on any atom is -0.378 e. The van der Waals surface area contributed by atoms with Crippen LogP contribution in [-0.2, 0) is 22.6 Å². The fourth-order valence-corrected chi connectivity index (χ4v) is 2.64. The van der Waals surface area contributed by atoms with E-state index in [1.165, 1.54) is 11.1 Å². The fourth-order valence-electron chi connectivity index (χ4n) is 2.64. The molecule has 5 heteroatoms. The first kappa shape index (κ1) is 21.5. The van der Waals surface area contributed by atoms with Gasteiger partial charge in [-0.15, -0.1) is 0 Å². The van der Waals surface area contributed by atoms with Crippen molar-refractivity contribution in [2.45, 2.75) is 53.4 Å². The number of benzene rings is 1. The SMILES string of the molecule is CCOCc1ccccc1CNC(=NC)NCCC(OCC)C(C)C. The molecule has 0 aliphatic carbocycles. The van der Waals surface area contributed by atoms with Crippen LogP contribution in [0.2, 0.25) is 0 Å². The Bertz CT molecular complexity index is 503. The zero-order valence-corrected chi connectivity index (χ0v) is 16.5. The molecule has 1 aromatic carbocycles. The smallest absolute Gasteiger partial charge is 0.191 e. The summed E-state index contributed by atoms with van der Waals surface area (Å²) in [5.74, 6) is 1.33. The molecule has 5 nitrogen and oxygen atoms in total. The van der Waals surface area contributed by atoms with Crippen molar-refractivity contribution in [1.82, 2.24) is 10.6 Å². The van der Waals surface area contributed by atoms with Crippen LogP contribution in [0.3, 0.4) is 0 Å². The van der Waals surface area contributed by atoms with Crippen LogP contribution < -0.4 is 10.6 Å². The minimum atomic E-state index is 0.280. The van der Waals surface area contributed by atoms with Gasteiger partial charge in [-0.05, 0) is 37.3 Å². The number of hydrogen-bond donors (Lipinski definition) is 2. The normalized spacial score (nSPS) is 13.1. The van der Waals surface area contributed by atoms with Crippen LogP contribution in [0, 0.1) is 5.92 Å². The molecule has 1 unspecified atom stereocenters. The third-order valence-corrected chi connectivity index (χ3v) is 4.10. The number of nitrogens with zero attached hydrogens (tertiary/aromatic N) is 1. The Morgan fingerprint density at radius 1 is 1.08 bits per heavy atom. The van der Waals surface area contributed by atoms with E-state index in [0.29, 0.717) is 12.5 Å². The molecule has 0 saturated carbocycles. The molecule has 1 aromatic rings. The standard InChI is InChI=1S/C20H35N3O2/c1-6-24-15-18-11-9-8-10-17(18)14-23-20(21-5)22-13-12-19(16(3)4)25-7-2/h8-11,16,19H,6-7,12-15H2,1-5H3,(H2,21,22,23). The lowest BCUT2D eigenvalue weighted by Gasteiger charge is -2.21. The van der Waals surface area contributed by atoms with Crippen LogP contribution >= 0.6 is 0 Å². The summed E-state index contributed by atoms with van der Waals surface area (Å²) >= 11 is 0. The van der Waals surface area contributed by atoms with Crippen molar-refractivity contribution in [2.24, 2.45) is 10.9 Å². The summed E-state index contributed by atoms with van der Waals surface area (Å²) in [6.45, 7) is 12.1. The first-order valence-corrected chi connectivity index (χ1v) is 9.32. The van der Waals surface area contributed by atoms with Crippen LogP contribution in [0.4, 0.5) is 0 Å². The second kappa shape index (κ2) is 12.7. The average molecular weight is 350 g/mol. The molecule has 0 heterocycles. The van der Waals surface area contributed by atoms with E-state index >= 15 is 0 Å². The second-order valence-corrected chi connectivity index (χ2v) is 6.28. The van der Waals surface area contributed by atoms with Gasteiger partial charge < -0.3 is 20.1 Å². The van der Waals surface area contributed by atoms with E-state index in [0.717, 1.165) is 38.7 Å². The Morgan fingerprint density at radius 3 is 2.40 bits per heavy atom. The largest absolute Gasteiger partial charge is 0.378 e. The van der Waals surface area contributed by atoms with Gasteiger partial charge in [0.2, 0.25) is 0 Å². The van der Waals surface area contributed by atoms with Crippen LogP contribution in [0.15, 0.2) is 29.3 Å². The molecular formula is C20H35N3O2. The Labute approximate surface area is 153 Å². The van der Waals surface area contributed by atoms with E-state index in [1.54, 1.807) is 7.05 Å². The van der Waals surface area contributed by atoms with Crippen molar-refractivity contribution in [3.05, 3.63) is 35.4 Å². The highest BCUT2D eigenvalue weighted by molar-refractivity contribution is 5.79. The maximum atomic E-state index is 5.79. The van der Waals surface area contributed by atoms with Gasteiger partial charge in [0, 0.05) is 33.4 Å². The molecule has 25 heavy (non-hydrogen) atoms. The Kier molecular flexibility index (Phi) is 10.9. The molecule has 2 N–H and O–H groups in total. The molecule has 0 saturated heterocycles. The number of aliphatic imine (C=N–C) groups is 1. The molecule has 1 atom stereocenters. The van der Waals surface area contributed by atoms with Crippen LogP contribution in [0.5, 0.6) is 0 Å². The Hall–Kier alpha value is -1.59. The number of ether oxygens (including phenoxy) is 2. The van der Waals surface area contributed by atoms with Crippen molar-refractivity contribution < 1.29 is 9.47 Å². The molecule has 142 valence electrons. The predicted molar refractivity (Wildman–Crippen MR) is 105 cm³/mol. The molecule has 0 amide bonds. The molecule has 0 aliphatic rings. The molecule has 0 bridgehead atoms. The first-order chi connectivity index (χ1) is 12.1. The van der Waals surface area contributed by atoms with E-state index in [-0.39, 0.29) is 6.10 Å². The summed E-state index contributed by atoms with van der Waals surface area (Å²) in [6.07, 6.45) is 1.25. The molecule has 0 fully saturated rings. The maximum Gasteiger partial charge on any atom is 0.191 e. The lowest BCUT2D eigenvalue weighted by Crippen LogP contribution is -2.39. The number of guanidine groups is 1. The van der Waals surface area contributed by atoms with Gasteiger partial charge in [0.1, 0.15) is 0 Å². The lowest BCUT2D eigenvalue weighted by molar-refractivity contribution is 0.0258. The lowest BCUT2D eigenvalue weighted by atomic mass is 10.0. The molecule has 0 radical (unpaired) electrons. The topological polar surface area (TPSA) is 54.9 Å². The summed E-state index contributed by atoms with van der Waals surface area (Å²) < 4.78 is 11.3. The monoisotopic (exact) mass is 349 g/mol. The van der Waals surface area contributed by atoms with Crippen molar-refractivity contribution >= 4 is 5.96 Å². The number of hydrogen-bond acceptors (Lipinski definition) is 3. The predicted octanol–water partition coefficient (Wildman–Crippen LogP) is 3.34. The molecule has 0 aliphatic heterocycles. The fraction of sp³-hybridized carbons (Fsp3) is 0.650. The Balaban J connectivity index is 2.47. The zero-order chi connectivity index (χ0) is 18.5. The molecule has 1 rings (SSSR count). The number of rotatable bonds is 11. The van der Waals surface area contributed by atoms with E-state index in [9.17, 15) is 0 Å². The summed E-state index contributed by atoms with van der Waals surface area (Å²) in [6, 6.07) is 8.33. The van der Waals surface area contributed by atoms with Gasteiger partial charge in [-0.25, -0.2) is 0 Å². The van der Waals surface area contributed by atoms with E-state index in [2.05, 4.69) is 47.7 Å². The number of nitrogens with one attached hydrogen (secondary N) is 2. The van der Waals surface area contributed by atoms with Gasteiger partial charge in [0.25, 0.3) is 0 Å². The minimum absolute atomic E-state index is 0.280. The zero-order valence-electron chi connectivity index (χ0n) is 16.5. The van der Waals surface area contributed by atoms with Crippen LogP contribution in [0.1, 0.15) is 45.2 Å². The first-order valence-electron chi connectivity index (χ1n) is 9.32. The second-order valence-electron chi connectivity index (χ2n) is 6.28. The van der Waals surface area contributed by atoms with E-state index < -0.39 is 0 Å². The van der Waals surface area contributed by atoms with Crippen molar-refractivity contribution in [3.8, 4) is 0 Å². The quantitative estimate of drug-likeness (QED) is 0.475. The third-order valence-electron chi connectivity index (χ3n) is 4.10. The summed E-state index contributed by atoms with van der Waals surface area (Å²) in [7, 11) is 1.80. The molecule has 0 aromatic heterocycles. The summed E-state index contributed by atoms with van der Waals surface area (Å²) in [5.41, 5.74) is 2.44. The van der Waals surface area contributed by atoms with Gasteiger partial charge in [0.05, 0.1) is 12.7 Å². The summed E-state index contributed by atoms with van der Waals surface area (Å²) in [4.78, 5) is 4.30. The van der Waals surface area contributed by atoms with Crippen molar-refractivity contribution in [1.29, 1.82) is 0 Å². The third kappa shape index (κ3) is 8.36. The highest BCUT2D eigenvalue weighted by Crippen LogP contribution is 2.11. The van der Waals surface area contributed by atoms with E-state index in [4.69, 9.17) is 9.47 Å². The van der Waals surface area contributed by atoms with Gasteiger partial charge in [-0.2, -0.15) is 0 Å². The molecule has 0 spiro atoms. The van der Waals surface area contributed by atoms with Crippen LogP contribution in [-0.4, -0.2) is 38.9 Å². The molecular weight excluding hydrogens is 314 g/mol. The average Bonchev–Trinajstić information content (AvgIpc) is 2.62. The highest BCUT2D eigenvalue weighted by Gasteiger charge is 2.13. The summed E-state index contributed by atoms with van der Waals surface area (Å²) in [5, 5.41) is 6.75. The van der Waals surface area contributed by atoms with Gasteiger partial charge in [-0.3, -0.25) is 4.99 Å². The van der Waals surface area contributed by atoms with Crippen molar-refractivity contribution in [2.75, 3.05) is 26.8 Å². The maximum absolute atomic E-state index is 5.79. The van der Waals surface area contributed by atoms with Crippen LogP contribution in [0.25, 0.3) is 0 Å². The van der Waals surface area contributed by atoms with Gasteiger partial charge in [-0.1, -0.05) is 38.1 Å². The van der Waals surface area contributed by atoms with Crippen molar-refractivity contribution in [3.63, 3.8) is 0 Å². The van der Waals surface area contributed by atoms with Gasteiger partial charge >= 0.3 is 0 Å². The Morgan fingerprint density at radius 2 is 1.80 bits per heavy atom.